The third-order valence-electron chi connectivity index (χ3n) is 3.58. The summed E-state index contributed by atoms with van der Waals surface area (Å²) in [5, 5.41) is 0. The minimum atomic E-state index is -0.197. The van der Waals surface area contributed by atoms with E-state index >= 15 is 0 Å². The van der Waals surface area contributed by atoms with Crippen molar-refractivity contribution in [3.05, 3.63) is 70.5 Å². The Labute approximate surface area is 119 Å². The Bertz CT molecular complexity index is 581. The van der Waals surface area contributed by atoms with E-state index in [0.717, 1.165) is 17.5 Å². The summed E-state index contributed by atoms with van der Waals surface area (Å²) in [6.07, 6.45) is 1.54. The molecular formula is C17H21FN2. The second-order valence-corrected chi connectivity index (χ2v) is 5.33. The fourth-order valence-corrected chi connectivity index (χ4v) is 2.44. The lowest BCUT2D eigenvalue weighted by molar-refractivity contribution is 0.519. The molecule has 20 heavy (non-hydrogen) atoms. The second-order valence-electron chi connectivity index (χ2n) is 5.33. The molecule has 0 amide bonds. The van der Waals surface area contributed by atoms with Crippen LogP contribution >= 0.6 is 0 Å². The van der Waals surface area contributed by atoms with Crippen LogP contribution in [0, 0.1) is 19.7 Å². The van der Waals surface area contributed by atoms with Crippen LogP contribution in [0.4, 0.5) is 4.39 Å². The topological polar surface area (TPSA) is 38.0 Å². The Morgan fingerprint density at radius 1 is 1.10 bits per heavy atom. The molecule has 0 spiro atoms. The molecule has 0 fully saturated rings. The first-order valence-corrected chi connectivity index (χ1v) is 6.85. The van der Waals surface area contributed by atoms with Crippen molar-refractivity contribution in [2.45, 2.75) is 32.7 Å². The molecule has 0 heterocycles. The molecule has 2 nitrogen and oxygen atoms in total. The molecule has 0 aliphatic rings. The molecule has 0 radical (unpaired) electrons. The van der Waals surface area contributed by atoms with Crippen molar-refractivity contribution in [2.24, 2.45) is 5.84 Å². The maximum absolute atomic E-state index is 13.3. The van der Waals surface area contributed by atoms with E-state index in [1.807, 2.05) is 19.1 Å². The summed E-state index contributed by atoms with van der Waals surface area (Å²) in [7, 11) is 0. The molecule has 0 aliphatic carbocycles. The van der Waals surface area contributed by atoms with Gasteiger partial charge >= 0.3 is 0 Å². The van der Waals surface area contributed by atoms with Crippen molar-refractivity contribution in [2.75, 3.05) is 0 Å². The minimum Gasteiger partial charge on any atom is -0.271 e. The van der Waals surface area contributed by atoms with Gasteiger partial charge in [-0.2, -0.15) is 0 Å². The van der Waals surface area contributed by atoms with E-state index < -0.39 is 0 Å². The van der Waals surface area contributed by atoms with Gasteiger partial charge in [-0.3, -0.25) is 11.3 Å². The highest BCUT2D eigenvalue weighted by Crippen LogP contribution is 2.15. The van der Waals surface area contributed by atoms with Gasteiger partial charge in [0.1, 0.15) is 5.82 Å². The largest absolute Gasteiger partial charge is 0.271 e. The molecule has 1 atom stereocenters. The molecular weight excluding hydrogens is 251 g/mol. The number of nitrogens with one attached hydrogen (secondary N) is 1. The molecule has 0 saturated carbocycles. The molecule has 3 N–H and O–H groups in total. The van der Waals surface area contributed by atoms with Crippen LogP contribution in [0.2, 0.25) is 0 Å². The predicted molar refractivity (Wildman–Crippen MR) is 80.8 cm³/mol. The number of aryl methyl sites for hydroxylation is 2. The number of nitrogens with two attached hydrogens (primary N) is 1. The van der Waals surface area contributed by atoms with Gasteiger partial charge in [-0.25, -0.2) is 4.39 Å². The smallest absolute Gasteiger partial charge is 0.123 e. The van der Waals surface area contributed by atoms with Crippen molar-refractivity contribution >= 4 is 0 Å². The van der Waals surface area contributed by atoms with Crippen LogP contribution in [-0.2, 0) is 12.8 Å². The van der Waals surface area contributed by atoms with E-state index in [0.29, 0.717) is 6.42 Å². The highest BCUT2D eigenvalue weighted by Gasteiger charge is 2.11. The molecule has 2 aromatic rings. The molecule has 2 rings (SSSR count). The Balaban J connectivity index is 2.11. The van der Waals surface area contributed by atoms with E-state index in [9.17, 15) is 4.39 Å². The number of hydrogen-bond acceptors (Lipinski definition) is 2. The standard InChI is InChI=1S/C17H21FN2/c1-12-4-3-5-14(8-12)9-17(20-19)11-15-10-16(18)7-6-13(15)2/h3-8,10,17,20H,9,11,19H2,1-2H3. The number of benzene rings is 2. The molecule has 0 bridgehead atoms. The summed E-state index contributed by atoms with van der Waals surface area (Å²) in [5.41, 5.74) is 7.41. The number of rotatable bonds is 5. The normalized spacial score (nSPS) is 12.4. The summed E-state index contributed by atoms with van der Waals surface area (Å²) >= 11 is 0. The zero-order chi connectivity index (χ0) is 14.5. The fourth-order valence-electron chi connectivity index (χ4n) is 2.44. The lowest BCUT2D eigenvalue weighted by Gasteiger charge is -2.17. The molecule has 2 aromatic carbocycles. The molecule has 0 saturated heterocycles. The van der Waals surface area contributed by atoms with Gasteiger partial charge in [-0.1, -0.05) is 35.9 Å². The summed E-state index contributed by atoms with van der Waals surface area (Å²) in [5.74, 6) is 5.45. The Hall–Kier alpha value is -1.71. The van der Waals surface area contributed by atoms with Crippen LogP contribution in [0.5, 0.6) is 0 Å². The molecule has 106 valence electrons. The number of hydrazine groups is 1. The quantitative estimate of drug-likeness (QED) is 0.648. The maximum atomic E-state index is 13.3. The van der Waals surface area contributed by atoms with Crippen LogP contribution in [0.1, 0.15) is 22.3 Å². The van der Waals surface area contributed by atoms with Crippen LogP contribution in [-0.4, -0.2) is 6.04 Å². The predicted octanol–water partition coefficient (Wildman–Crippen LogP) is 3.06. The molecule has 0 aromatic heterocycles. The van der Waals surface area contributed by atoms with Gasteiger partial charge in [-0.15, -0.1) is 0 Å². The molecule has 3 heteroatoms. The first-order valence-electron chi connectivity index (χ1n) is 6.85. The first kappa shape index (κ1) is 14.7. The summed E-state index contributed by atoms with van der Waals surface area (Å²) in [6, 6.07) is 13.4. The van der Waals surface area contributed by atoms with Gasteiger partial charge in [0.2, 0.25) is 0 Å². The van der Waals surface area contributed by atoms with E-state index in [2.05, 4.69) is 30.5 Å². The van der Waals surface area contributed by atoms with Crippen LogP contribution < -0.4 is 11.3 Å². The number of hydrogen-bond donors (Lipinski definition) is 2. The summed E-state index contributed by atoms with van der Waals surface area (Å²) in [4.78, 5) is 0. The van der Waals surface area contributed by atoms with Gasteiger partial charge in [0.25, 0.3) is 0 Å². The van der Waals surface area contributed by atoms with Crippen LogP contribution in [0.15, 0.2) is 42.5 Å². The van der Waals surface area contributed by atoms with Gasteiger partial charge in [0.05, 0.1) is 0 Å². The van der Waals surface area contributed by atoms with Gasteiger partial charge in [0.15, 0.2) is 0 Å². The Morgan fingerprint density at radius 3 is 2.60 bits per heavy atom. The fraction of sp³-hybridized carbons (Fsp3) is 0.294. The minimum absolute atomic E-state index is 0.0947. The van der Waals surface area contributed by atoms with E-state index in [-0.39, 0.29) is 11.9 Å². The second kappa shape index (κ2) is 6.64. The lowest BCUT2D eigenvalue weighted by atomic mass is 9.96. The highest BCUT2D eigenvalue weighted by atomic mass is 19.1. The highest BCUT2D eigenvalue weighted by molar-refractivity contribution is 5.28. The third kappa shape index (κ3) is 3.89. The van der Waals surface area contributed by atoms with Crippen molar-refractivity contribution in [1.82, 2.24) is 5.43 Å². The third-order valence-corrected chi connectivity index (χ3v) is 3.58. The molecule has 1 unspecified atom stereocenters. The lowest BCUT2D eigenvalue weighted by Crippen LogP contribution is -2.38. The van der Waals surface area contributed by atoms with E-state index in [1.54, 1.807) is 6.07 Å². The maximum Gasteiger partial charge on any atom is 0.123 e. The molecule has 0 aliphatic heterocycles. The zero-order valence-electron chi connectivity index (χ0n) is 12.0. The van der Waals surface area contributed by atoms with Crippen molar-refractivity contribution in [3.8, 4) is 0 Å². The van der Waals surface area contributed by atoms with E-state index in [4.69, 9.17) is 5.84 Å². The number of halogens is 1. The summed E-state index contributed by atoms with van der Waals surface area (Å²) < 4.78 is 13.3. The van der Waals surface area contributed by atoms with Crippen LogP contribution in [0.3, 0.4) is 0 Å². The monoisotopic (exact) mass is 272 g/mol. The first-order chi connectivity index (χ1) is 9.58. The summed E-state index contributed by atoms with van der Waals surface area (Å²) in [6.45, 7) is 4.07. The SMILES string of the molecule is Cc1cccc(CC(Cc2cc(F)ccc2C)NN)c1. The Morgan fingerprint density at radius 2 is 1.90 bits per heavy atom. The zero-order valence-corrected chi connectivity index (χ0v) is 12.0. The van der Waals surface area contributed by atoms with Crippen molar-refractivity contribution in [3.63, 3.8) is 0 Å². The van der Waals surface area contributed by atoms with E-state index in [1.165, 1.54) is 17.2 Å². The van der Waals surface area contributed by atoms with Crippen molar-refractivity contribution < 1.29 is 4.39 Å². The van der Waals surface area contributed by atoms with Gasteiger partial charge in [-0.05, 0) is 55.5 Å². The average molecular weight is 272 g/mol. The van der Waals surface area contributed by atoms with Gasteiger partial charge < -0.3 is 0 Å². The van der Waals surface area contributed by atoms with Crippen molar-refractivity contribution in [1.29, 1.82) is 0 Å². The Kier molecular flexibility index (Phi) is 4.88. The van der Waals surface area contributed by atoms with Crippen LogP contribution in [0.25, 0.3) is 0 Å². The van der Waals surface area contributed by atoms with Gasteiger partial charge in [0, 0.05) is 6.04 Å². The average Bonchev–Trinajstić information content (AvgIpc) is 2.42.